The van der Waals surface area contributed by atoms with E-state index in [1.165, 1.54) is 18.9 Å². The van der Waals surface area contributed by atoms with Crippen LogP contribution in [0.1, 0.15) is 51.2 Å². The lowest BCUT2D eigenvalue weighted by Crippen LogP contribution is -2.49. The van der Waals surface area contributed by atoms with Crippen LogP contribution in [0.5, 0.6) is 0 Å². The number of nitrogens with zero attached hydrogens (tertiary/aromatic N) is 2. The lowest BCUT2D eigenvalue weighted by Gasteiger charge is -2.37. The third-order valence-electron chi connectivity index (χ3n) is 5.32. The molecule has 27 heavy (non-hydrogen) atoms. The maximum atomic E-state index is 13.6. The molecular formula is C21H23N3O2S. The van der Waals surface area contributed by atoms with E-state index in [4.69, 9.17) is 0 Å². The van der Waals surface area contributed by atoms with Gasteiger partial charge in [-0.1, -0.05) is 13.8 Å². The van der Waals surface area contributed by atoms with Gasteiger partial charge in [-0.05, 0) is 55.3 Å². The molecule has 0 aromatic heterocycles. The van der Waals surface area contributed by atoms with Crippen molar-refractivity contribution in [3.63, 3.8) is 0 Å². The Labute approximate surface area is 163 Å². The van der Waals surface area contributed by atoms with Gasteiger partial charge in [0, 0.05) is 23.4 Å². The lowest BCUT2D eigenvalue weighted by atomic mass is 9.83. The number of allylic oxidation sites excluding steroid dienone is 1. The molecule has 0 spiro atoms. The van der Waals surface area contributed by atoms with Crippen molar-refractivity contribution in [2.75, 3.05) is 0 Å². The standard InChI is InChI=1S/C21H23N3O2S/c1-12(2)19-20(18(9-14-4-5-14)13(3)24-21(19)25)27(26)17-7-15(10-22)6-16(8-17)11-23/h6-8,12,14,19-20H,4-5,9H2,1-3H3,(H,24,25). The maximum absolute atomic E-state index is 13.6. The number of carbonyl (C=O) groups excluding carboxylic acids is 1. The van der Waals surface area contributed by atoms with E-state index >= 15 is 0 Å². The number of amides is 1. The second kappa shape index (κ2) is 7.76. The fraction of sp³-hybridized carbons (Fsp3) is 0.476. The van der Waals surface area contributed by atoms with Crippen LogP contribution in [0, 0.1) is 40.4 Å². The smallest absolute Gasteiger partial charge is 0.232 e. The molecule has 1 aromatic carbocycles. The van der Waals surface area contributed by atoms with Crippen molar-refractivity contribution in [3.8, 4) is 12.1 Å². The van der Waals surface area contributed by atoms with E-state index in [0.717, 1.165) is 17.7 Å². The molecule has 6 heteroatoms. The lowest BCUT2D eigenvalue weighted by molar-refractivity contribution is -0.126. The minimum atomic E-state index is -1.53. The van der Waals surface area contributed by atoms with Crippen LogP contribution in [0.3, 0.4) is 0 Å². The van der Waals surface area contributed by atoms with Crippen LogP contribution in [0.25, 0.3) is 0 Å². The van der Waals surface area contributed by atoms with Crippen molar-refractivity contribution in [2.24, 2.45) is 17.8 Å². The van der Waals surface area contributed by atoms with Gasteiger partial charge in [0.25, 0.3) is 0 Å². The second-order valence-electron chi connectivity index (χ2n) is 7.74. The van der Waals surface area contributed by atoms with E-state index in [-0.39, 0.29) is 11.8 Å². The molecular weight excluding hydrogens is 358 g/mol. The van der Waals surface area contributed by atoms with Crippen LogP contribution in [0.2, 0.25) is 0 Å². The Bertz CT molecular complexity index is 842. The number of hydrogen-bond acceptors (Lipinski definition) is 4. The van der Waals surface area contributed by atoms with Crippen molar-refractivity contribution in [1.82, 2.24) is 5.32 Å². The summed E-state index contributed by atoms with van der Waals surface area (Å²) in [5.74, 6) is 0.116. The Morgan fingerprint density at radius 2 is 1.81 bits per heavy atom. The molecule has 3 rings (SSSR count). The van der Waals surface area contributed by atoms with Gasteiger partial charge in [-0.3, -0.25) is 4.79 Å². The van der Waals surface area contributed by atoms with E-state index in [2.05, 4.69) is 5.32 Å². The van der Waals surface area contributed by atoms with Gasteiger partial charge in [0.15, 0.2) is 10.1 Å². The minimum Gasteiger partial charge on any atom is -0.611 e. The SMILES string of the molecule is CC1=C(CC2CC2)C([S+]([O-])c2cc(C#N)cc(C#N)c2)C(C(C)C)C(=O)N1. The van der Waals surface area contributed by atoms with E-state index in [1.807, 2.05) is 32.9 Å². The first-order valence-electron chi connectivity index (χ1n) is 9.22. The number of nitriles is 2. The van der Waals surface area contributed by atoms with Crippen molar-refractivity contribution in [2.45, 2.75) is 50.2 Å². The first-order valence-corrected chi connectivity index (χ1v) is 10.4. The summed E-state index contributed by atoms with van der Waals surface area (Å²) in [5.41, 5.74) is 2.47. The number of nitrogens with one attached hydrogen (secondary N) is 1. The maximum Gasteiger partial charge on any atom is 0.232 e. The topological polar surface area (TPSA) is 99.7 Å². The zero-order valence-electron chi connectivity index (χ0n) is 15.8. The Morgan fingerprint density at radius 3 is 2.30 bits per heavy atom. The average Bonchev–Trinajstić information content (AvgIpc) is 3.46. The molecule has 140 valence electrons. The molecule has 5 nitrogen and oxygen atoms in total. The summed E-state index contributed by atoms with van der Waals surface area (Å²) in [7, 11) is 0. The highest BCUT2D eigenvalue weighted by Crippen LogP contribution is 2.43. The molecule has 1 aliphatic heterocycles. The Kier molecular flexibility index (Phi) is 5.60. The summed E-state index contributed by atoms with van der Waals surface area (Å²) in [6, 6.07) is 8.69. The normalized spacial score (nSPS) is 23.6. The molecule has 0 saturated heterocycles. The summed E-state index contributed by atoms with van der Waals surface area (Å²) >= 11 is -1.53. The zero-order chi connectivity index (χ0) is 19.7. The Balaban J connectivity index is 2.08. The summed E-state index contributed by atoms with van der Waals surface area (Å²) < 4.78 is 13.6. The largest absolute Gasteiger partial charge is 0.611 e. The highest BCUT2D eigenvalue weighted by molar-refractivity contribution is 7.92. The van der Waals surface area contributed by atoms with E-state index < -0.39 is 22.3 Å². The van der Waals surface area contributed by atoms with Gasteiger partial charge in [-0.25, -0.2) is 0 Å². The van der Waals surface area contributed by atoms with E-state index in [9.17, 15) is 19.9 Å². The van der Waals surface area contributed by atoms with Crippen LogP contribution < -0.4 is 5.32 Å². The van der Waals surface area contributed by atoms with Crippen LogP contribution in [0.15, 0.2) is 34.4 Å². The van der Waals surface area contributed by atoms with Crippen molar-refractivity contribution >= 4 is 17.1 Å². The van der Waals surface area contributed by atoms with Gasteiger partial charge in [0.2, 0.25) is 5.91 Å². The zero-order valence-corrected chi connectivity index (χ0v) is 16.6. The third kappa shape index (κ3) is 4.03. The molecule has 1 aromatic rings. The fourth-order valence-electron chi connectivity index (χ4n) is 3.72. The number of rotatable bonds is 5. The Hall–Kier alpha value is -2.28. The first-order chi connectivity index (χ1) is 12.8. The van der Waals surface area contributed by atoms with Crippen molar-refractivity contribution in [1.29, 1.82) is 10.5 Å². The summed E-state index contributed by atoms with van der Waals surface area (Å²) in [4.78, 5) is 13.1. The van der Waals surface area contributed by atoms with Crippen molar-refractivity contribution in [3.05, 3.63) is 40.6 Å². The molecule has 0 radical (unpaired) electrons. The molecule has 1 fully saturated rings. The van der Waals surface area contributed by atoms with Gasteiger partial charge >= 0.3 is 0 Å². The quantitative estimate of drug-likeness (QED) is 0.790. The van der Waals surface area contributed by atoms with Crippen LogP contribution >= 0.6 is 0 Å². The molecule has 0 bridgehead atoms. The predicted molar refractivity (Wildman–Crippen MR) is 103 cm³/mol. The number of hydrogen-bond donors (Lipinski definition) is 1. The number of carbonyl (C=O) groups is 1. The molecule has 2 aliphatic rings. The van der Waals surface area contributed by atoms with Gasteiger partial charge in [-0.2, -0.15) is 10.5 Å². The highest BCUT2D eigenvalue weighted by atomic mass is 32.2. The third-order valence-corrected chi connectivity index (χ3v) is 7.06. The predicted octanol–water partition coefficient (Wildman–Crippen LogP) is 3.38. The molecule has 1 aliphatic carbocycles. The number of benzene rings is 1. The molecule has 1 saturated carbocycles. The minimum absolute atomic E-state index is 0.0239. The second-order valence-corrected chi connectivity index (χ2v) is 9.32. The van der Waals surface area contributed by atoms with Gasteiger partial charge in [0.05, 0.1) is 29.2 Å². The van der Waals surface area contributed by atoms with Gasteiger partial charge < -0.3 is 9.87 Å². The fourth-order valence-corrected chi connectivity index (χ4v) is 5.74. The van der Waals surface area contributed by atoms with Crippen LogP contribution in [-0.4, -0.2) is 15.7 Å². The molecule has 1 amide bonds. The summed E-state index contributed by atoms with van der Waals surface area (Å²) in [6.45, 7) is 5.81. The van der Waals surface area contributed by atoms with Gasteiger partial charge in [-0.15, -0.1) is 0 Å². The molecule has 3 unspecified atom stereocenters. The van der Waals surface area contributed by atoms with Crippen LogP contribution in [-0.2, 0) is 16.0 Å². The van der Waals surface area contributed by atoms with Gasteiger partial charge in [0.1, 0.15) is 0 Å². The molecule has 1 heterocycles. The first kappa shape index (κ1) is 19.5. The molecule has 1 N–H and O–H groups in total. The van der Waals surface area contributed by atoms with Crippen molar-refractivity contribution < 1.29 is 9.35 Å². The monoisotopic (exact) mass is 381 g/mol. The summed E-state index contributed by atoms with van der Waals surface area (Å²) in [6.07, 6.45) is 3.17. The molecule has 3 atom stereocenters. The average molecular weight is 382 g/mol. The van der Waals surface area contributed by atoms with E-state index in [0.29, 0.717) is 21.9 Å². The Morgan fingerprint density at radius 1 is 1.22 bits per heavy atom. The highest BCUT2D eigenvalue weighted by Gasteiger charge is 2.47. The van der Waals surface area contributed by atoms with E-state index in [1.54, 1.807) is 12.1 Å². The van der Waals surface area contributed by atoms with Crippen LogP contribution in [0.4, 0.5) is 0 Å². The summed E-state index contributed by atoms with van der Waals surface area (Å²) in [5, 5.41) is 21.0.